The SMILES string of the molecule is CN(C)C(C(=O)N1CCN(C2CCCC2O)CC1)c1ccccc1. The van der Waals surface area contributed by atoms with Crippen LogP contribution in [-0.2, 0) is 4.79 Å². The van der Waals surface area contributed by atoms with Crippen molar-refractivity contribution in [3.05, 3.63) is 35.9 Å². The van der Waals surface area contributed by atoms with Crippen molar-refractivity contribution >= 4 is 5.91 Å². The van der Waals surface area contributed by atoms with E-state index in [0.29, 0.717) is 6.04 Å². The van der Waals surface area contributed by atoms with Crippen LogP contribution in [0.1, 0.15) is 30.9 Å². The van der Waals surface area contributed by atoms with Crippen molar-refractivity contribution in [3.63, 3.8) is 0 Å². The van der Waals surface area contributed by atoms with Gasteiger partial charge in [0.1, 0.15) is 6.04 Å². The van der Waals surface area contributed by atoms with E-state index in [1.54, 1.807) is 0 Å². The third-order valence-electron chi connectivity index (χ3n) is 5.40. The van der Waals surface area contributed by atoms with Crippen LogP contribution in [0.25, 0.3) is 0 Å². The maximum absolute atomic E-state index is 13.0. The molecule has 1 heterocycles. The number of hydrogen-bond donors (Lipinski definition) is 1. The molecule has 1 saturated heterocycles. The summed E-state index contributed by atoms with van der Waals surface area (Å²) in [6, 6.07) is 10.1. The molecule has 0 aromatic heterocycles. The van der Waals surface area contributed by atoms with Gasteiger partial charge < -0.3 is 10.0 Å². The fourth-order valence-electron chi connectivity index (χ4n) is 4.09. The van der Waals surface area contributed by atoms with Crippen LogP contribution in [0.2, 0.25) is 0 Å². The molecule has 1 aliphatic heterocycles. The Morgan fingerprint density at radius 3 is 2.33 bits per heavy atom. The molecule has 2 fully saturated rings. The maximum Gasteiger partial charge on any atom is 0.244 e. The molecule has 5 heteroatoms. The zero-order valence-corrected chi connectivity index (χ0v) is 14.8. The summed E-state index contributed by atoms with van der Waals surface area (Å²) in [6.07, 6.45) is 2.92. The van der Waals surface area contributed by atoms with Crippen LogP contribution in [0, 0.1) is 0 Å². The van der Waals surface area contributed by atoms with Gasteiger partial charge in [-0.2, -0.15) is 0 Å². The summed E-state index contributed by atoms with van der Waals surface area (Å²) in [4.78, 5) is 19.4. The molecule has 24 heavy (non-hydrogen) atoms. The largest absolute Gasteiger partial charge is 0.391 e. The normalized spacial score (nSPS) is 26.8. The number of carbonyl (C=O) groups is 1. The van der Waals surface area contributed by atoms with Crippen molar-refractivity contribution in [2.45, 2.75) is 37.5 Å². The Morgan fingerprint density at radius 2 is 1.79 bits per heavy atom. The van der Waals surface area contributed by atoms with Gasteiger partial charge in [0.15, 0.2) is 0 Å². The van der Waals surface area contributed by atoms with Crippen LogP contribution in [0.15, 0.2) is 30.3 Å². The Kier molecular flexibility index (Phi) is 5.54. The predicted molar refractivity (Wildman–Crippen MR) is 94.7 cm³/mol. The Bertz CT molecular complexity index is 541. The lowest BCUT2D eigenvalue weighted by atomic mass is 10.0. The van der Waals surface area contributed by atoms with Gasteiger partial charge in [-0.3, -0.25) is 14.6 Å². The Hall–Kier alpha value is -1.43. The Morgan fingerprint density at radius 1 is 1.12 bits per heavy atom. The summed E-state index contributed by atoms with van der Waals surface area (Å²) < 4.78 is 0. The first-order valence-electron chi connectivity index (χ1n) is 9.00. The van der Waals surface area contributed by atoms with E-state index in [0.717, 1.165) is 51.0 Å². The van der Waals surface area contributed by atoms with E-state index < -0.39 is 0 Å². The number of carbonyl (C=O) groups excluding carboxylic acids is 1. The second kappa shape index (κ2) is 7.64. The van der Waals surface area contributed by atoms with E-state index in [9.17, 15) is 9.90 Å². The highest BCUT2D eigenvalue weighted by Crippen LogP contribution is 2.26. The summed E-state index contributed by atoms with van der Waals surface area (Å²) in [5.41, 5.74) is 1.04. The standard InChI is InChI=1S/C19H29N3O2/c1-20(2)18(15-7-4-3-5-8-15)19(24)22-13-11-21(12-14-22)16-9-6-10-17(16)23/h3-5,7-8,16-18,23H,6,9-14H2,1-2H3. The minimum Gasteiger partial charge on any atom is -0.391 e. The number of nitrogens with zero attached hydrogens (tertiary/aromatic N) is 3. The molecular formula is C19H29N3O2. The average molecular weight is 331 g/mol. The lowest BCUT2D eigenvalue weighted by Crippen LogP contribution is -2.55. The first-order valence-corrected chi connectivity index (χ1v) is 9.00. The summed E-state index contributed by atoms with van der Waals surface area (Å²) in [5.74, 6) is 0.179. The van der Waals surface area contributed by atoms with Crippen LogP contribution in [0.4, 0.5) is 0 Å². The quantitative estimate of drug-likeness (QED) is 0.905. The fraction of sp³-hybridized carbons (Fsp3) is 0.632. The maximum atomic E-state index is 13.0. The van der Waals surface area contributed by atoms with Gasteiger partial charge in [0, 0.05) is 32.2 Å². The van der Waals surface area contributed by atoms with E-state index >= 15 is 0 Å². The second-order valence-corrected chi connectivity index (χ2v) is 7.20. The van der Waals surface area contributed by atoms with Gasteiger partial charge in [0.05, 0.1) is 6.10 Å². The molecule has 1 aromatic rings. The third-order valence-corrected chi connectivity index (χ3v) is 5.40. The van der Waals surface area contributed by atoms with E-state index in [1.165, 1.54) is 0 Å². The van der Waals surface area contributed by atoms with Crippen molar-refractivity contribution in [1.82, 2.24) is 14.7 Å². The Labute approximate surface area is 144 Å². The van der Waals surface area contributed by atoms with E-state index in [-0.39, 0.29) is 18.1 Å². The number of rotatable bonds is 4. The molecule has 0 bridgehead atoms. The topological polar surface area (TPSA) is 47.0 Å². The van der Waals surface area contributed by atoms with E-state index in [2.05, 4.69) is 4.90 Å². The summed E-state index contributed by atoms with van der Waals surface area (Å²) in [6.45, 7) is 3.23. The number of aliphatic hydroxyl groups excluding tert-OH is 1. The zero-order valence-electron chi connectivity index (χ0n) is 14.8. The number of amides is 1. The highest BCUT2D eigenvalue weighted by atomic mass is 16.3. The van der Waals surface area contributed by atoms with Crippen molar-refractivity contribution in [1.29, 1.82) is 0 Å². The van der Waals surface area contributed by atoms with Crippen LogP contribution in [0.3, 0.4) is 0 Å². The van der Waals surface area contributed by atoms with E-state index in [4.69, 9.17) is 0 Å². The lowest BCUT2D eigenvalue weighted by Gasteiger charge is -2.40. The number of benzene rings is 1. The van der Waals surface area contributed by atoms with Crippen molar-refractivity contribution < 1.29 is 9.90 Å². The number of likely N-dealkylation sites (N-methyl/N-ethyl adjacent to an activating group) is 1. The first-order chi connectivity index (χ1) is 11.6. The molecule has 3 unspecified atom stereocenters. The molecule has 2 aliphatic rings. The molecule has 5 nitrogen and oxygen atoms in total. The Balaban J connectivity index is 1.63. The van der Waals surface area contributed by atoms with Gasteiger partial charge in [0.25, 0.3) is 0 Å². The number of piperazine rings is 1. The smallest absolute Gasteiger partial charge is 0.244 e. The third kappa shape index (κ3) is 3.63. The minimum absolute atomic E-state index is 0.179. The molecule has 1 N–H and O–H groups in total. The van der Waals surface area contributed by atoms with Crippen LogP contribution < -0.4 is 0 Å². The monoisotopic (exact) mass is 331 g/mol. The summed E-state index contributed by atoms with van der Waals surface area (Å²) in [5, 5.41) is 10.1. The number of hydrogen-bond acceptors (Lipinski definition) is 4. The summed E-state index contributed by atoms with van der Waals surface area (Å²) in [7, 11) is 3.92. The van der Waals surface area contributed by atoms with E-state index in [1.807, 2.05) is 54.2 Å². The summed E-state index contributed by atoms with van der Waals surface area (Å²) >= 11 is 0. The van der Waals surface area contributed by atoms with Crippen molar-refractivity contribution in [2.24, 2.45) is 0 Å². The minimum atomic E-state index is -0.227. The molecule has 0 radical (unpaired) electrons. The van der Waals surface area contributed by atoms with Gasteiger partial charge >= 0.3 is 0 Å². The molecule has 0 spiro atoms. The molecule has 3 rings (SSSR count). The van der Waals surface area contributed by atoms with Gasteiger partial charge in [0.2, 0.25) is 5.91 Å². The molecule has 1 amide bonds. The van der Waals surface area contributed by atoms with Gasteiger partial charge in [-0.05, 0) is 38.9 Å². The van der Waals surface area contributed by atoms with Crippen LogP contribution >= 0.6 is 0 Å². The van der Waals surface area contributed by atoms with Crippen molar-refractivity contribution in [3.8, 4) is 0 Å². The highest BCUT2D eigenvalue weighted by molar-refractivity contribution is 5.83. The second-order valence-electron chi connectivity index (χ2n) is 7.20. The van der Waals surface area contributed by atoms with Crippen LogP contribution in [-0.4, -0.2) is 78.1 Å². The highest BCUT2D eigenvalue weighted by Gasteiger charge is 2.35. The average Bonchev–Trinajstić information content (AvgIpc) is 3.02. The van der Waals surface area contributed by atoms with Crippen molar-refractivity contribution in [2.75, 3.05) is 40.3 Å². The molecular weight excluding hydrogens is 302 g/mol. The zero-order chi connectivity index (χ0) is 17.1. The van der Waals surface area contributed by atoms with Crippen LogP contribution in [0.5, 0.6) is 0 Å². The number of aliphatic hydroxyl groups is 1. The fourth-order valence-corrected chi connectivity index (χ4v) is 4.09. The molecule has 1 aliphatic carbocycles. The van der Waals surface area contributed by atoms with Gasteiger partial charge in [-0.1, -0.05) is 30.3 Å². The molecule has 1 saturated carbocycles. The lowest BCUT2D eigenvalue weighted by molar-refractivity contribution is -0.138. The van der Waals surface area contributed by atoms with Gasteiger partial charge in [-0.25, -0.2) is 0 Å². The predicted octanol–water partition coefficient (Wildman–Crippen LogP) is 1.35. The molecule has 3 atom stereocenters. The first kappa shape index (κ1) is 17.4. The molecule has 1 aromatic carbocycles. The van der Waals surface area contributed by atoms with Gasteiger partial charge in [-0.15, -0.1) is 0 Å². The molecule has 132 valence electrons.